The predicted molar refractivity (Wildman–Crippen MR) is 114 cm³/mol. The fourth-order valence-electron chi connectivity index (χ4n) is 3.94. The summed E-state index contributed by atoms with van der Waals surface area (Å²) in [6.07, 6.45) is 1.35. The van der Waals surface area contributed by atoms with Crippen molar-refractivity contribution in [2.45, 2.75) is 31.0 Å². The van der Waals surface area contributed by atoms with Crippen molar-refractivity contribution in [1.29, 1.82) is 0 Å². The third-order valence-corrected chi connectivity index (χ3v) is 7.40. The highest BCUT2D eigenvalue weighted by atomic mass is 32.2. The fraction of sp³-hybridized carbons (Fsp3) is 0.579. The molecule has 0 aromatic carbocycles. The maximum Gasteiger partial charge on any atom is 0.264 e. The molecule has 0 aliphatic carbocycles. The largest absolute Gasteiger partial charge is 0.354 e. The van der Waals surface area contributed by atoms with Crippen LogP contribution in [0.3, 0.4) is 0 Å². The highest BCUT2D eigenvalue weighted by Gasteiger charge is 2.41. The molecule has 4 heterocycles. The Kier molecular flexibility index (Phi) is 6.59. The van der Waals surface area contributed by atoms with Gasteiger partial charge < -0.3 is 20.4 Å². The van der Waals surface area contributed by atoms with Gasteiger partial charge in [0, 0.05) is 31.3 Å². The molecule has 1 aromatic rings. The first kappa shape index (κ1) is 21.1. The van der Waals surface area contributed by atoms with Crippen LogP contribution in [0, 0.1) is 0 Å². The minimum atomic E-state index is -0.822. The zero-order valence-electron chi connectivity index (χ0n) is 16.5. The SMILES string of the molecule is O=C1NCCCC1NC(=O)C1CN(C(=O)c2cccs2)CCN1C(=O)C1CSCN1. The molecule has 3 saturated heterocycles. The number of rotatable bonds is 4. The first-order valence-electron chi connectivity index (χ1n) is 10.1. The zero-order valence-corrected chi connectivity index (χ0v) is 18.1. The molecule has 3 aliphatic heterocycles. The number of amides is 4. The molecule has 162 valence electrons. The van der Waals surface area contributed by atoms with Crippen LogP contribution in [0.5, 0.6) is 0 Å². The topological polar surface area (TPSA) is 111 Å². The van der Waals surface area contributed by atoms with E-state index in [0.717, 1.165) is 6.42 Å². The molecule has 30 heavy (non-hydrogen) atoms. The van der Waals surface area contributed by atoms with Crippen molar-refractivity contribution in [1.82, 2.24) is 25.8 Å². The first-order valence-corrected chi connectivity index (χ1v) is 12.1. The number of piperazine rings is 1. The smallest absolute Gasteiger partial charge is 0.264 e. The van der Waals surface area contributed by atoms with Crippen molar-refractivity contribution in [3.8, 4) is 0 Å². The van der Waals surface area contributed by atoms with E-state index in [-0.39, 0.29) is 42.8 Å². The maximum absolute atomic E-state index is 13.2. The molecule has 3 fully saturated rings. The lowest BCUT2D eigenvalue weighted by Crippen LogP contribution is -2.65. The van der Waals surface area contributed by atoms with Gasteiger partial charge in [0.1, 0.15) is 12.1 Å². The molecule has 3 unspecified atom stereocenters. The van der Waals surface area contributed by atoms with Gasteiger partial charge in [0.15, 0.2) is 0 Å². The van der Waals surface area contributed by atoms with Gasteiger partial charge in [-0.25, -0.2) is 0 Å². The molecule has 0 bridgehead atoms. The van der Waals surface area contributed by atoms with Crippen LogP contribution in [-0.4, -0.2) is 89.4 Å². The van der Waals surface area contributed by atoms with E-state index in [1.807, 2.05) is 11.4 Å². The highest BCUT2D eigenvalue weighted by molar-refractivity contribution is 7.99. The maximum atomic E-state index is 13.2. The summed E-state index contributed by atoms with van der Waals surface area (Å²) in [5.41, 5.74) is 0. The minimum absolute atomic E-state index is 0.114. The van der Waals surface area contributed by atoms with Crippen molar-refractivity contribution < 1.29 is 19.2 Å². The lowest BCUT2D eigenvalue weighted by atomic mass is 10.0. The van der Waals surface area contributed by atoms with E-state index in [9.17, 15) is 19.2 Å². The van der Waals surface area contributed by atoms with Gasteiger partial charge in [-0.15, -0.1) is 23.1 Å². The average molecular weight is 452 g/mol. The Hall–Kier alpha value is -2.11. The van der Waals surface area contributed by atoms with E-state index in [1.54, 1.807) is 27.6 Å². The molecular weight excluding hydrogens is 426 g/mol. The van der Waals surface area contributed by atoms with Crippen LogP contribution in [0.4, 0.5) is 0 Å². The zero-order chi connectivity index (χ0) is 21.1. The fourth-order valence-corrected chi connectivity index (χ4v) is 5.57. The standard InChI is InChI=1S/C19H25N5O4S2/c25-16-12(3-1-5-20-16)22-17(26)14-9-23(19(28)15-4-2-8-30-15)6-7-24(14)18(27)13-10-29-11-21-13/h2,4,8,12-14,21H,1,3,5-7,9-11H2,(H,20,25)(H,22,26). The Morgan fingerprint density at radius 2 is 2.10 bits per heavy atom. The second-order valence-corrected chi connectivity index (χ2v) is 9.52. The third kappa shape index (κ3) is 4.47. The highest BCUT2D eigenvalue weighted by Crippen LogP contribution is 2.20. The molecule has 0 saturated carbocycles. The number of piperidine rings is 1. The van der Waals surface area contributed by atoms with Crippen molar-refractivity contribution in [3.63, 3.8) is 0 Å². The molecule has 0 radical (unpaired) electrons. The normalized spacial score (nSPS) is 26.9. The summed E-state index contributed by atoms with van der Waals surface area (Å²) >= 11 is 2.99. The number of carbonyl (C=O) groups is 4. The van der Waals surface area contributed by atoms with Crippen molar-refractivity contribution >= 4 is 46.7 Å². The summed E-state index contributed by atoms with van der Waals surface area (Å²) in [7, 11) is 0. The quantitative estimate of drug-likeness (QED) is 0.567. The van der Waals surface area contributed by atoms with Crippen LogP contribution in [0.2, 0.25) is 0 Å². The van der Waals surface area contributed by atoms with Crippen LogP contribution < -0.4 is 16.0 Å². The number of thiophene rings is 1. The Bertz CT molecular complexity index is 812. The van der Waals surface area contributed by atoms with E-state index < -0.39 is 12.1 Å². The summed E-state index contributed by atoms with van der Waals surface area (Å²) in [5.74, 6) is 0.499. The lowest BCUT2D eigenvalue weighted by molar-refractivity contribution is -0.145. The van der Waals surface area contributed by atoms with Crippen molar-refractivity contribution in [2.24, 2.45) is 0 Å². The van der Waals surface area contributed by atoms with Crippen LogP contribution in [0.1, 0.15) is 22.5 Å². The van der Waals surface area contributed by atoms with E-state index in [4.69, 9.17) is 0 Å². The molecule has 0 spiro atoms. The summed E-state index contributed by atoms with van der Waals surface area (Å²) < 4.78 is 0. The van der Waals surface area contributed by atoms with Crippen molar-refractivity contribution in [2.75, 3.05) is 37.8 Å². The van der Waals surface area contributed by atoms with Gasteiger partial charge in [-0.05, 0) is 24.3 Å². The number of hydrogen-bond donors (Lipinski definition) is 3. The van der Waals surface area contributed by atoms with Crippen LogP contribution >= 0.6 is 23.1 Å². The molecule has 3 aliphatic rings. The van der Waals surface area contributed by atoms with E-state index in [2.05, 4.69) is 16.0 Å². The molecule has 3 atom stereocenters. The number of hydrogen-bond acceptors (Lipinski definition) is 7. The van der Waals surface area contributed by atoms with Gasteiger partial charge in [0.25, 0.3) is 5.91 Å². The van der Waals surface area contributed by atoms with E-state index >= 15 is 0 Å². The van der Waals surface area contributed by atoms with E-state index in [1.165, 1.54) is 11.3 Å². The Morgan fingerprint density at radius 3 is 2.80 bits per heavy atom. The predicted octanol–water partition coefficient (Wildman–Crippen LogP) is -0.542. The number of carbonyl (C=O) groups excluding carboxylic acids is 4. The second-order valence-electron chi connectivity index (χ2n) is 7.54. The molecule has 4 rings (SSSR count). The summed E-state index contributed by atoms with van der Waals surface area (Å²) in [6.45, 7) is 1.37. The van der Waals surface area contributed by atoms with Crippen LogP contribution in [-0.2, 0) is 14.4 Å². The molecular formula is C19H25N5O4S2. The van der Waals surface area contributed by atoms with Gasteiger partial charge >= 0.3 is 0 Å². The van der Waals surface area contributed by atoms with E-state index in [0.29, 0.717) is 36.0 Å². The number of nitrogens with zero attached hydrogens (tertiary/aromatic N) is 2. The van der Waals surface area contributed by atoms with Gasteiger partial charge in [-0.3, -0.25) is 24.5 Å². The monoisotopic (exact) mass is 451 g/mol. The minimum Gasteiger partial charge on any atom is -0.354 e. The molecule has 3 N–H and O–H groups in total. The number of nitrogens with one attached hydrogen (secondary N) is 3. The van der Waals surface area contributed by atoms with Crippen LogP contribution in [0.15, 0.2) is 17.5 Å². The Morgan fingerprint density at radius 1 is 1.23 bits per heavy atom. The Labute approximate surface area is 182 Å². The molecule has 4 amide bonds. The third-order valence-electron chi connectivity index (χ3n) is 5.60. The molecule has 1 aromatic heterocycles. The molecule has 9 nitrogen and oxygen atoms in total. The second kappa shape index (κ2) is 9.36. The van der Waals surface area contributed by atoms with Gasteiger partial charge in [-0.1, -0.05) is 6.07 Å². The van der Waals surface area contributed by atoms with Crippen molar-refractivity contribution in [3.05, 3.63) is 22.4 Å². The Balaban J connectivity index is 1.51. The average Bonchev–Trinajstić information content (AvgIpc) is 3.48. The van der Waals surface area contributed by atoms with Gasteiger partial charge in [0.05, 0.1) is 17.5 Å². The number of thioether (sulfide) groups is 1. The summed E-state index contributed by atoms with van der Waals surface area (Å²) in [5, 5.41) is 10.5. The molecule has 11 heteroatoms. The lowest BCUT2D eigenvalue weighted by Gasteiger charge is -2.41. The first-order chi connectivity index (χ1) is 14.5. The van der Waals surface area contributed by atoms with Gasteiger partial charge in [0.2, 0.25) is 17.7 Å². The summed E-state index contributed by atoms with van der Waals surface area (Å²) in [6, 6.07) is 1.81. The summed E-state index contributed by atoms with van der Waals surface area (Å²) in [4.78, 5) is 54.9. The van der Waals surface area contributed by atoms with Crippen LogP contribution in [0.25, 0.3) is 0 Å². The van der Waals surface area contributed by atoms with Gasteiger partial charge in [-0.2, -0.15) is 0 Å².